The molecule has 1 aliphatic carbocycles. The van der Waals surface area contributed by atoms with Crippen LogP contribution in [0, 0.1) is 0 Å². The zero-order valence-corrected chi connectivity index (χ0v) is 12.1. The molecule has 4 nitrogen and oxygen atoms in total. The molecule has 1 saturated carbocycles. The highest BCUT2D eigenvalue weighted by molar-refractivity contribution is 5.17. The van der Waals surface area contributed by atoms with Gasteiger partial charge in [0.05, 0.1) is 18.5 Å². The fourth-order valence-electron chi connectivity index (χ4n) is 3.77. The van der Waals surface area contributed by atoms with E-state index in [0.717, 1.165) is 13.1 Å². The van der Waals surface area contributed by atoms with Crippen LogP contribution >= 0.6 is 0 Å². The molecule has 3 rings (SSSR count). The smallest absolute Gasteiger partial charge is 0.0951 e. The number of imidazole rings is 1. The molecule has 2 heterocycles. The van der Waals surface area contributed by atoms with Crippen molar-refractivity contribution in [3.05, 3.63) is 18.2 Å². The standard InChI is InChI=1S/C15H25N3O/c1-15(6-8-16-9-7-15)14-10-17-11-18(14)12-4-3-5-13(12)19-2/h10-13,16H,3-9H2,1-2H3. The average molecular weight is 263 g/mol. The molecule has 2 fully saturated rings. The van der Waals surface area contributed by atoms with Crippen molar-refractivity contribution in [2.45, 2.75) is 56.6 Å². The van der Waals surface area contributed by atoms with Crippen LogP contribution in [-0.2, 0) is 10.2 Å². The molecule has 1 aromatic heterocycles. The molecule has 0 spiro atoms. The highest BCUT2D eigenvalue weighted by atomic mass is 16.5. The Morgan fingerprint density at radius 3 is 2.89 bits per heavy atom. The number of methoxy groups -OCH3 is 1. The minimum Gasteiger partial charge on any atom is -0.379 e. The predicted octanol–water partition coefficient (Wildman–Crippen LogP) is 2.26. The lowest BCUT2D eigenvalue weighted by Crippen LogP contribution is -2.39. The van der Waals surface area contributed by atoms with Crippen molar-refractivity contribution in [2.75, 3.05) is 20.2 Å². The van der Waals surface area contributed by atoms with Gasteiger partial charge < -0.3 is 14.6 Å². The zero-order valence-electron chi connectivity index (χ0n) is 12.1. The van der Waals surface area contributed by atoms with Crippen LogP contribution in [0.3, 0.4) is 0 Å². The van der Waals surface area contributed by atoms with Crippen molar-refractivity contribution in [2.24, 2.45) is 0 Å². The molecule has 2 unspecified atom stereocenters. The van der Waals surface area contributed by atoms with E-state index < -0.39 is 0 Å². The van der Waals surface area contributed by atoms with Crippen molar-refractivity contribution < 1.29 is 4.74 Å². The second kappa shape index (κ2) is 5.25. The third-order valence-corrected chi connectivity index (χ3v) is 5.07. The first-order valence-electron chi connectivity index (χ1n) is 7.50. The summed E-state index contributed by atoms with van der Waals surface area (Å²) in [6.07, 6.45) is 10.5. The molecule has 1 saturated heterocycles. The van der Waals surface area contributed by atoms with E-state index in [0.29, 0.717) is 12.1 Å². The van der Waals surface area contributed by atoms with Gasteiger partial charge in [-0.25, -0.2) is 4.98 Å². The number of piperidine rings is 1. The molecule has 1 aromatic rings. The molecule has 19 heavy (non-hydrogen) atoms. The van der Waals surface area contributed by atoms with Crippen LogP contribution in [0.1, 0.15) is 50.8 Å². The van der Waals surface area contributed by atoms with Crippen LogP contribution in [0.15, 0.2) is 12.5 Å². The summed E-state index contributed by atoms with van der Waals surface area (Å²) in [5.74, 6) is 0. The molecular weight excluding hydrogens is 238 g/mol. The number of nitrogens with one attached hydrogen (secondary N) is 1. The highest BCUT2D eigenvalue weighted by Crippen LogP contribution is 2.38. The fourth-order valence-corrected chi connectivity index (χ4v) is 3.77. The first-order chi connectivity index (χ1) is 9.24. The quantitative estimate of drug-likeness (QED) is 0.909. The summed E-state index contributed by atoms with van der Waals surface area (Å²) in [5.41, 5.74) is 1.67. The van der Waals surface area contributed by atoms with Gasteiger partial charge in [-0.15, -0.1) is 0 Å². The van der Waals surface area contributed by atoms with E-state index in [1.54, 1.807) is 0 Å². The maximum absolute atomic E-state index is 5.66. The van der Waals surface area contributed by atoms with Gasteiger partial charge in [0.15, 0.2) is 0 Å². The summed E-state index contributed by atoms with van der Waals surface area (Å²) >= 11 is 0. The van der Waals surface area contributed by atoms with Gasteiger partial charge in [0, 0.05) is 24.4 Å². The SMILES string of the molecule is COC1CCCC1n1cncc1C1(C)CCNCC1. The molecule has 2 aliphatic rings. The third kappa shape index (κ3) is 2.32. The van der Waals surface area contributed by atoms with Crippen molar-refractivity contribution >= 4 is 0 Å². The van der Waals surface area contributed by atoms with Gasteiger partial charge in [0.1, 0.15) is 0 Å². The van der Waals surface area contributed by atoms with Gasteiger partial charge in [-0.1, -0.05) is 6.92 Å². The monoisotopic (exact) mass is 263 g/mol. The summed E-state index contributed by atoms with van der Waals surface area (Å²) in [5, 5.41) is 3.46. The normalized spacial score (nSPS) is 30.6. The summed E-state index contributed by atoms with van der Waals surface area (Å²) in [4.78, 5) is 4.44. The van der Waals surface area contributed by atoms with E-state index in [1.165, 1.54) is 37.8 Å². The third-order valence-electron chi connectivity index (χ3n) is 5.07. The van der Waals surface area contributed by atoms with Gasteiger partial charge in [-0.3, -0.25) is 0 Å². The minimum absolute atomic E-state index is 0.266. The Labute approximate surface area is 115 Å². The lowest BCUT2D eigenvalue weighted by atomic mass is 9.78. The molecule has 106 valence electrons. The highest BCUT2D eigenvalue weighted by Gasteiger charge is 2.36. The number of aromatic nitrogens is 2. The molecule has 0 amide bonds. The molecule has 0 aromatic carbocycles. The van der Waals surface area contributed by atoms with E-state index in [1.807, 2.05) is 13.4 Å². The topological polar surface area (TPSA) is 39.1 Å². The van der Waals surface area contributed by atoms with Gasteiger partial charge in [-0.05, 0) is 45.2 Å². The molecule has 0 bridgehead atoms. The average Bonchev–Trinajstić information content (AvgIpc) is 3.08. The van der Waals surface area contributed by atoms with Crippen LogP contribution in [0.2, 0.25) is 0 Å². The minimum atomic E-state index is 0.266. The Balaban J connectivity index is 1.89. The van der Waals surface area contributed by atoms with Crippen LogP contribution < -0.4 is 5.32 Å². The van der Waals surface area contributed by atoms with Crippen molar-refractivity contribution in [1.29, 1.82) is 0 Å². The Morgan fingerprint density at radius 2 is 2.16 bits per heavy atom. The van der Waals surface area contributed by atoms with Crippen LogP contribution in [0.25, 0.3) is 0 Å². The second-order valence-corrected chi connectivity index (χ2v) is 6.27. The van der Waals surface area contributed by atoms with Crippen molar-refractivity contribution in [3.63, 3.8) is 0 Å². The maximum atomic E-state index is 5.66. The Morgan fingerprint density at radius 1 is 1.37 bits per heavy atom. The second-order valence-electron chi connectivity index (χ2n) is 6.27. The summed E-state index contributed by atoms with van der Waals surface area (Å²) in [6, 6.07) is 0.481. The van der Waals surface area contributed by atoms with Gasteiger partial charge in [-0.2, -0.15) is 0 Å². The first-order valence-corrected chi connectivity index (χ1v) is 7.50. The van der Waals surface area contributed by atoms with Crippen LogP contribution in [0.5, 0.6) is 0 Å². The van der Waals surface area contributed by atoms with E-state index in [-0.39, 0.29) is 5.41 Å². The number of nitrogens with zero attached hydrogens (tertiary/aromatic N) is 2. The Hall–Kier alpha value is -0.870. The molecule has 1 aliphatic heterocycles. The van der Waals surface area contributed by atoms with Crippen LogP contribution in [0.4, 0.5) is 0 Å². The lowest BCUT2D eigenvalue weighted by Gasteiger charge is -2.36. The molecule has 4 heteroatoms. The van der Waals surface area contributed by atoms with Crippen LogP contribution in [-0.4, -0.2) is 35.9 Å². The Bertz CT molecular complexity index is 423. The first kappa shape index (κ1) is 13.1. The van der Waals surface area contributed by atoms with Crippen molar-refractivity contribution in [3.8, 4) is 0 Å². The Kier molecular flexibility index (Phi) is 3.63. The summed E-state index contributed by atoms with van der Waals surface area (Å²) in [7, 11) is 1.84. The number of rotatable bonds is 3. The van der Waals surface area contributed by atoms with E-state index in [9.17, 15) is 0 Å². The number of hydrogen-bond donors (Lipinski definition) is 1. The molecular formula is C15H25N3O. The lowest BCUT2D eigenvalue weighted by molar-refractivity contribution is 0.0724. The molecule has 1 N–H and O–H groups in total. The van der Waals surface area contributed by atoms with Gasteiger partial charge in [0.25, 0.3) is 0 Å². The maximum Gasteiger partial charge on any atom is 0.0951 e. The molecule has 0 radical (unpaired) electrons. The van der Waals surface area contributed by atoms with E-state index in [4.69, 9.17) is 4.74 Å². The van der Waals surface area contributed by atoms with E-state index in [2.05, 4.69) is 28.0 Å². The van der Waals surface area contributed by atoms with Crippen molar-refractivity contribution in [1.82, 2.24) is 14.9 Å². The zero-order chi connectivity index (χ0) is 13.3. The molecule has 2 atom stereocenters. The van der Waals surface area contributed by atoms with Gasteiger partial charge in [0.2, 0.25) is 0 Å². The number of ether oxygens (including phenoxy) is 1. The predicted molar refractivity (Wildman–Crippen MR) is 75.4 cm³/mol. The largest absolute Gasteiger partial charge is 0.379 e. The van der Waals surface area contributed by atoms with E-state index >= 15 is 0 Å². The summed E-state index contributed by atoms with van der Waals surface area (Å²) < 4.78 is 8.07. The number of hydrogen-bond acceptors (Lipinski definition) is 3. The van der Waals surface area contributed by atoms with Gasteiger partial charge >= 0.3 is 0 Å². The summed E-state index contributed by atoms with van der Waals surface area (Å²) in [6.45, 7) is 4.61. The fraction of sp³-hybridized carbons (Fsp3) is 0.800.